The van der Waals surface area contributed by atoms with Gasteiger partial charge in [0.05, 0.1) is 0 Å². The average Bonchev–Trinajstić information content (AvgIpc) is 2.38. The van der Waals surface area contributed by atoms with Crippen LogP contribution in [-0.2, 0) is 4.79 Å². The maximum atomic E-state index is 12.8. The van der Waals surface area contributed by atoms with Crippen molar-refractivity contribution in [2.24, 2.45) is 0 Å². The largest absolute Gasteiger partial charge is 0.479 e. The van der Waals surface area contributed by atoms with Crippen LogP contribution in [0.2, 0.25) is 0 Å². The topological polar surface area (TPSA) is 49.3 Å². The molecule has 2 aromatic rings. The molecular formula is C14H12FNO2. The number of nitrogens with one attached hydrogen (secondary N) is 1. The Morgan fingerprint density at radius 1 is 1.06 bits per heavy atom. The van der Waals surface area contributed by atoms with E-state index in [9.17, 15) is 14.3 Å². The maximum absolute atomic E-state index is 12.8. The molecule has 0 radical (unpaired) electrons. The molecule has 3 nitrogen and oxygen atoms in total. The monoisotopic (exact) mass is 245 g/mol. The van der Waals surface area contributed by atoms with Gasteiger partial charge in [0.1, 0.15) is 5.82 Å². The molecule has 2 aromatic carbocycles. The number of rotatable bonds is 4. The minimum atomic E-state index is -0.981. The number of carboxylic acids is 1. The molecule has 0 aliphatic heterocycles. The highest BCUT2D eigenvalue weighted by atomic mass is 19.1. The van der Waals surface area contributed by atoms with Crippen LogP contribution in [0, 0.1) is 5.82 Å². The van der Waals surface area contributed by atoms with Gasteiger partial charge >= 0.3 is 5.97 Å². The Labute approximate surface area is 104 Å². The Hall–Kier alpha value is -2.36. The van der Waals surface area contributed by atoms with E-state index in [0.717, 1.165) is 0 Å². The zero-order valence-electron chi connectivity index (χ0n) is 9.51. The Morgan fingerprint density at radius 2 is 1.67 bits per heavy atom. The van der Waals surface area contributed by atoms with Gasteiger partial charge in [-0.25, -0.2) is 9.18 Å². The van der Waals surface area contributed by atoms with Gasteiger partial charge in [0.2, 0.25) is 0 Å². The molecule has 0 unspecified atom stereocenters. The summed E-state index contributed by atoms with van der Waals surface area (Å²) in [4.78, 5) is 11.2. The second-order valence-electron chi connectivity index (χ2n) is 3.83. The molecule has 0 aliphatic carbocycles. The van der Waals surface area contributed by atoms with Crippen molar-refractivity contribution in [2.45, 2.75) is 6.04 Å². The third-order valence-electron chi connectivity index (χ3n) is 2.54. The van der Waals surface area contributed by atoms with Crippen molar-refractivity contribution in [3.05, 3.63) is 66.0 Å². The van der Waals surface area contributed by atoms with Crippen molar-refractivity contribution in [3.8, 4) is 0 Å². The third-order valence-corrected chi connectivity index (χ3v) is 2.54. The molecule has 0 spiro atoms. The number of anilines is 1. The zero-order chi connectivity index (χ0) is 13.0. The molecule has 0 saturated heterocycles. The second-order valence-corrected chi connectivity index (χ2v) is 3.83. The first-order valence-corrected chi connectivity index (χ1v) is 5.46. The Morgan fingerprint density at radius 3 is 2.22 bits per heavy atom. The van der Waals surface area contributed by atoms with E-state index < -0.39 is 12.0 Å². The highest BCUT2D eigenvalue weighted by Gasteiger charge is 2.18. The average molecular weight is 245 g/mol. The Kier molecular flexibility index (Phi) is 3.57. The molecule has 0 fully saturated rings. The van der Waals surface area contributed by atoms with E-state index in [1.165, 1.54) is 24.3 Å². The van der Waals surface area contributed by atoms with Crippen LogP contribution in [0.15, 0.2) is 54.6 Å². The van der Waals surface area contributed by atoms with Crippen molar-refractivity contribution >= 4 is 11.7 Å². The fraction of sp³-hybridized carbons (Fsp3) is 0.0714. The van der Waals surface area contributed by atoms with Gasteiger partial charge in [0.25, 0.3) is 0 Å². The number of hydrogen-bond acceptors (Lipinski definition) is 2. The normalized spacial score (nSPS) is 11.8. The smallest absolute Gasteiger partial charge is 0.330 e. The van der Waals surface area contributed by atoms with Gasteiger partial charge in [-0.1, -0.05) is 30.3 Å². The van der Waals surface area contributed by atoms with Crippen molar-refractivity contribution < 1.29 is 14.3 Å². The van der Waals surface area contributed by atoms with Crippen LogP contribution in [0.5, 0.6) is 0 Å². The van der Waals surface area contributed by atoms with Crippen molar-refractivity contribution in [1.82, 2.24) is 0 Å². The molecule has 4 heteroatoms. The van der Waals surface area contributed by atoms with E-state index in [-0.39, 0.29) is 5.82 Å². The summed E-state index contributed by atoms with van der Waals surface area (Å²) in [5.74, 6) is -1.34. The van der Waals surface area contributed by atoms with Gasteiger partial charge in [-0.15, -0.1) is 0 Å². The lowest BCUT2D eigenvalue weighted by atomic mass is 10.1. The van der Waals surface area contributed by atoms with Gasteiger partial charge in [-0.2, -0.15) is 0 Å². The lowest BCUT2D eigenvalue weighted by molar-refractivity contribution is -0.138. The standard InChI is InChI=1S/C14H12FNO2/c15-11-6-8-12(9-7-11)16-13(14(17)18)10-4-2-1-3-5-10/h1-9,13,16H,(H,17,18)/t13-/m0/s1. The molecular weight excluding hydrogens is 233 g/mol. The Bertz CT molecular complexity index is 525. The Balaban J connectivity index is 2.22. The molecule has 18 heavy (non-hydrogen) atoms. The molecule has 92 valence electrons. The SMILES string of the molecule is O=C(O)[C@@H](Nc1ccc(F)cc1)c1ccccc1. The predicted octanol–water partition coefficient (Wildman–Crippen LogP) is 3.06. The first-order chi connectivity index (χ1) is 8.66. The second kappa shape index (κ2) is 5.31. The number of hydrogen-bond donors (Lipinski definition) is 2. The molecule has 0 heterocycles. The van der Waals surface area contributed by atoms with Crippen LogP contribution in [0.25, 0.3) is 0 Å². The maximum Gasteiger partial charge on any atom is 0.330 e. The van der Waals surface area contributed by atoms with E-state index in [2.05, 4.69) is 5.32 Å². The minimum absolute atomic E-state index is 0.355. The predicted molar refractivity (Wildman–Crippen MR) is 66.8 cm³/mol. The number of halogens is 1. The van der Waals surface area contributed by atoms with Crippen LogP contribution < -0.4 is 5.32 Å². The van der Waals surface area contributed by atoms with Crippen LogP contribution in [0.3, 0.4) is 0 Å². The summed E-state index contributed by atoms with van der Waals surface area (Å²) < 4.78 is 12.8. The lowest BCUT2D eigenvalue weighted by Crippen LogP contribution is -2.20. The first kappa shape index (κ1) is 12.1. The van der Waals surface area contributed by atoms with Crippen LogP contribution in [-0.4, -0.2) is 11.1 Å². The summed E-state index contributed by atoms with van der Waals surface area (Å²) in [6.07, 6.45) is 0. The molecule has 0 amide bonds. The number of carboxylic acid groups (broad SMARTS) is 1. The zero-order valence-corrected chi connectivity index (χ0v) is 9.51. The molecule has 2 N–H and O–H groups in total. The minimum Gasteiger partial charge on any atom is -0.479 e. The first-order valence-electron chi connectivity index (χ1n) is 5.46. The number of benzene rings is 2. The lowest BCUT2D eigenvalue weighted by Gasteiger charge is -2.16. The number of carbonyl (C=O) groups is 1. The van der Waals surface area contributed by atoms with Crippen molar-refractivity contribution in [1.29, 1.82) is 0 Å². The summed E-state index contributed by atoms with van der Waals surface area (Å²) in [5.41, 5.74) is 1.21. The fourth-order valence-corrected chi connectivity index (χ4v) is 1.65. The van der Waals surface area contributed by atoms with Crippen LogP contribution >= 0.6 is 0 Å². The van der Waals surface area contributed by atoms with Crippen molar-refractivity contribution in [3.63, 3.8) is 0 Å². The van der Waals surface area contributed by atoms with Gasteiger partial charge < -0.3 is 10.4 Å². The van der Waals surface area contributed by atoms with Crippen LogP contribution in [0.4, 0.5) is 10.1 Å². The molecule has 1 atom stereocenters. The van der Waals surface area contributed by atoms with Crippen molar-refractivity contribution in [2.75, 3.05) is 5.32 Å². The van der Waals surface area contributed by atoms with E-state index in [1.54, 1.807) is 24.3 Å². The highest BCUT2D eigenvalue weighted by Crippen LogP contribution is 2.19. The third kappa shape index (κ3) is 2.85. The molecule has 0 aliphatic rings. The van der Waals surface area contributed by atoms with Gasteiger partial charge in [-0.3, -0.25) is 0 Å². The summed E-state index contributed by atoms with van der Waals surface area (Å²) in [7, 11) is 0. The van der Waals surface area contributed by atoms with E-state index in [1.807, 2.05) is 6.07 Å². The molecule has 0 saturated carbocycles. The van der Waals surface area contributed by atoms with E-state index in [0.29, 0.717) is 11.3 Å². The van der Waals surface area contributed by atoms with Crippen LogP contribution in [0.1, 0.15) is 11.6 Å². The van der Waals surface area contributed by atoms with Gasteiger partial charge in [0, 0.05) is 5.69 Å². The summed E-state index contributed by atoms with van der Waals surface area (Å²) in [5, 5.41) is 12.1. The summed E-state index contributed by atoms with van der Waals surface area (Å²) in [6, 6.07) is 13.6. The number of aliphatic carboxylic acids is 1. The molecule has 2 rings (SSSR count). The van der Waals surface area contributed by atoms with Gasteiger partial charge in [0.15, 0.2) is 6.04 Å². The highest BCUT2D eigenvalue weighted by molar-refractivity contribution is 5.79. The fourth-order valence-electron chi connectivity index (χ4n) is 1.65. The van der Waals surface area contributed by atoms with Gasteiger partial charge in [-0.05, 0) is 29.8 Å². The quantitative estimate of drug-likeness (QED) is 0.870. The summed E-state index contributed by atoms with van der Waals surface area (Å²) >= 11 is 0. The molecule has 0 bridgehead atoms. The van der Waals surface area contributed by atoms with E-state index in [4.69, 9.17) is 0 Å². The van der Waals surface area contributed by atoms with E-state index >= 15 is 0 Å². The molecule has 0 aromatic heterocycles. The summed E-state index contributed by atoms with van der Waals surface area (Å²) in [6.45, 7) is 0.